The van der Waals surface area contributed by atoms with Gasteiger partial charge in [-0.05, 0) is 60.9 Å². The number of Topliss-reactive ketones (excluding diaryl/α,β-unsaturated/α-hetero) is 1. The van der Waals surface area contributed by atoms with Crippen molar-refractivity contribution < 1.29 is 4.79 Å². The van der Waals surface area contributed by atoms with Crippen molar-refractivity contribution in [3.8, 4) is 0 Å². The Morgan fingerprint density at radius 2 is 1.48 bits per heavy atom. The number of aryl methyl sites for hydroxylation is 3. The summed E-state index contributed by atoms with van der Waals surface area (Å²) in [5.41, 5.74) is 7.84. The molecule has 1 heteroatoms. The van der Waals surface area contributed by atoms with Crippen LogP contribution in [0.2, 0.25) is 0 Å². The zero-order chi connectivity index (χ0) is 18.8. The molecule has 0 atom stereocenters. The van der Waals surface area contributed by atoms with Gasteiger partial charge in [-0.3, -0.25) is 4.79 Å². The highest BCUT2D eigenvalue weighted by molar-refractivity contribution is 6.06. The Hall–Kier alpha value is -2.15. The molecule has 132 valence electrons. The van der Waals surface area contributed by atoms with E-state index in [0.29, 0.717) is 6.42 Å². The molecule has 0 aliphatic carbocycles. The van der Waals surface area contributed by atoms with Gasteiger partial charge in [-0.1, -0.05) is 68.8 Å². The number of carbonyl (C=O) groups is 1. The molecule has 0 aliphatic heterocycles. The molecule has 0 unspecified atom stereocenters. The summed E-state index contributed by atoms with van der Waals surface area (Å²) in [7, 11) is 0. The van der Waals surface area contributed by atoms with Gasteiger partial charge in [-0.15, -0.1) is 0 Å². The van der Waals surface area contributed by atoms with Crippen molar-refractivity contribution >= 4 is 11.4 Å². The molecule has 2 rings (SSSR count). The van der Waals surface area contributed by atoms with Crippen molar-refractivity contribution in [2.75, 3.05) is 0 Å². The molecule has 0 aliphatic rings. The third-order valence-electron chi connectivity index (χ3n) is 4.56. The Kier molecular flexibility index (Phi) is 5.67. The molecule has 0 aromatic heterocycles. The normalized spacial score (nSPS) is 12.8. The number of allylic oxidation sites excluding steroid dienone is 1. The molecule has 0 fully saturated rings. The van der Waals surface area contributed by atoms with Gasteiger partial charge in [-0.25, -0.2) is 0 Å². The van der Waals surface area contributed by atoms with E-state index in [-0.39, 0.29) is 11.2 Å². The number of carbonyl (C=O) groups excluding carboxylic acids is 1. The molecule has 2 aromatic carbocycles. The van der Waals surface area contributed by atoms with Crippen LogP contribution in [0.25, 0.3) is 5.57 Å². The zero-order valence-corrected chi connectivity index (χ0v) is 16.7. The molecular formula is C24H30O. The van der Waals surface area contributed by atoms with Crippen LogP contribution < -0.4 is 0 Å². The molecule has 0 bridgehead atoms. The molecule has 0 radical (unpaired) electrons. The van der Waals surface area contributed by atoms with E-state index in [9.17, 15) is 4.79 Å². The van der Waals surface area contributed by atoms with Gasteiger partial charge < -0.3 is 0 Å². The van der Waals surface area contributed by atoms with Gasteiger partial charge in [0.2, 0.25) is 0 Å². The lowest BCUT2D eigenvalue weighted by Crippen LogP contribution is -2.15. The molecular weight excluding hydrogens is 304 g/mol. The van der Waals surface area contributed by atoms with E-state index < -0.39 is 0 Å². The highest BCUT2D eigenvalue weighted by Gasteiger charge is 2.22. The van der Waals surface area contributed by atoms with E-state index >= 15 is 0 Å². The van der Waals surface area contributed by atoms with Crippen molar-refractivity contribution in [1.82, 2.24) is 0 Å². The summed E-state index contributed by atoms with van der Waals surface area (Å²) in [6.45, 7) is 14.7. The highest BCUT2D eigenvalue weighted by atomic mass is 16.1. The Morgan fingerprint density at radius 1 is 0.880 bits per heavy atom. The van der Waals surface area contributed by atoms with E-state index in [0.717, 1.165) is 22.3 Å². The Bertz CT molecular complexity index is 816. The van der Waals surface area contributed by atoms with Crippen LogP contribution >= 0.6 is 0 Å². The van der Waals surface area contributed by atoms with Gasteiger partial charge in [-0.2, -0.15) is 0 Å². The first-order chi connectivity index (χ1) is 11.6. The van der Waals surface area contributed by atoms with Gasteiger partial charge in [0.05, 0.1) is 0 Å². The van der Waals surface area contributed by atoms with Crippen molar-refractivity contribution in [2.45, 2.75) is 54.9 Å². The number of benzene rings is 2. The molecule has 2 aromatic rings. The molecule has 0 saturated carbocycles. The van der Waals surface area contributed by atoms with Crippen molar-refractivity contribution in [3.63, 3.8) is 0 Å². The maximum absolute atomic E-state index is 13.0. The summed E-state index contributed by atoms with van der Waals surface area (Å²) in [4.78, 5) is 13.0. The summed E-state index contributed by atoms with van der Waals surface area (Å²) in [5, 5.41) is 0. The molecule has 0 heterocycles. The fourth-order valence-electron chi connectivity index (χ4n) is 3.16. The predicted octanol–water partition coefficient (Wildman–Crippen LogP) is 6.44. The monoisotopic (exact) mass is 334 g/mol. The fourth-order valence-corrected chi connectivity index (χ4v) is 3.16. The lowest BCUT2D eigenvalue weighted by molar-refractivity contribution is -0.117. The van der Waals surface area contributed by atoms with Crippen molar-refractivity contribution in [2.24, 2.45) is 5.41 Å². The first-order valence-electron chi connectivity index (χ1n) is 8.98. The molecule has 0 N–H and O–H groups in total. The van der Waals surface area contributed by atoms with Gasteiger partial charge in [0, 0.05) is 12.0 Å². The molecule has 0 amide bonds. The van der Waals surface area contributed by atoms with Crippen LogP contribution in [-0.2, 0) is 4.79 Å². The first kappa shape index (κ1) is 19.2. The van der Waals surface area contributed by atoms with E-state index in [2.05, 4.69) is 77.9 Å². The standard InChI is InChI=1S/C24H30O/c1-16-12-13-18(3)21(14-16)23(20-11-9-8-10-17(20)2)19(4)22(25)15-24(5,6)7/h8-14H,15H2,1-7H3/b23-19+. The third-order valence-corrected chi connectivity index (χ3v) is 4.56. The minimum Gasteiger partial charge on any atom is -0.295 e. The maximum atomic E-state index is 13.0. The van der Waals surface area contributed by atoms with Gasteiger partial charge in [0.1, 0.15) is 0 Å². The van der Waals surface area contributed by atoms with Crippen LogP contribution in [0.4, 0.5) is 0 Å². The summed E-state index contributed by atoms with van der Waals surface area (Å²) < 4.78 is 0. The SMILES string of the molecule is C/C(C(=O)CC(C)(C)C)=C(/c1ccccc1C)c1cc(C)ccc1C. The number of rotatable bonds is 4. The van der Waals surface area contributed by atoms with Crippen LogP contribution in [0.1, 0.15) is 61.9 Å². The van der Waals surface area contributed by atoms with Gasteiger partial charge in [0.15, 0.2) is 5.78 Å². The first-order valence-corrected chi connectivity index (χ1v) is 8.98. The quantitative estimate of drug-likeness (QED) is 0.588. The van der Waals surface area contributed by atoms with Crippen LogP contribution in [0.3, 0.4) is 0 Å². The van der Waals surface area contributed by atoms with Gasteiger partial charge in [0.25, 0.3) is 0 Å². The van der Waals surface area contributed by atoms with Crippen molar-refractivity contribution in [3.05, 3.63) is 75.9 Å². The minimum absolute atomic E-state index is 0.0170. The van der Waals surface area contributed by atoms with Crippen LogP contribution in [0, 0.1) is 26.2 Å². The van der Waals surface area contributed by atoms with Crippen LogP contribution in [0.15, 0.2) is 48.0 Å². The second-order valence-electron chi connectivity index (χ2n) is 8.29. The van der Waals surface area contributed by atoms with Crippen LogP contribution in [-0.4, -0.2) is 5.78 Å². The maximum Gasteiger partial charge on any atom is 0.159 e. The lowest BCUT2D eigenvalue weighted by atomic mass is 9.82. The Balaban J connectivity index is 2.73. The van der Waals surface area contributed by atoms with E-state index in [1.165, 1.54) is 16.7 Å². The summed E-state index contributed by atoms with van der Waals surface area (Å²) in [6.07, 6.45) is 0.555. The molecule has 0 spiro atoms. The molecule has 1 nitrogen and oxygen atoms in total. The predicted molar refractivity (Wildman–Crippen MR) is 108 cm³/mol. The lowest BCUT2D eigenvalue weighted by Gasteiger charge is -2.21. The van der Waals surface area contributed by atoms with E-state index in [4.69, 9.17) is 0 Å². The van der Waals surface area contributed by atoms with E-state index in [1.807, 2.05) is 13.0 Å². The third kappa shape index (κ3) is 4.69. The second-order valence-corrected chi connectivity index (χ2v) is 8.29. The number of hydrogen-bond acceptors (Lipinski definition) is 1. The Labute approximate surface area is 152 Å². The smallest absolute Gasteiger partial charge is 0.159 e. The van der Waals surface area contributed by atoms with Crippen LogP contribution in [0.5, 0.6) is 0 Å². The second kappa shape index (κ2) is 7.39. The van der Waals surface area contributed by atoms with Gasteiger partial charge >= 0.3 is 0 Å². The molecule has 0 saturated heterocycles. The highest BCUT2D eigenvalue weighted by Crippen LogP contribution is 2.34. The number of ketones is 1. The zero-order valence-electron chi connectivity index (χ0n) is 16.7. The van der Waals surface area contributed by atoms with Crippen molar-refractivity contribution in [1.29, 1.82) is 0 Å². The summed E-state index contributed by atoms with van der Waals surface area (Å²) in [6, 6.07) is 14.8. The average molecular weight is 335 g/mol. The summed E-state index contributed by atoms with van der Waals surface area (Å²) in [5.74, 6) is 0.228. The summed E-state index contributed by atoms with van der Waals surface area (Å²) >= 11 is 0. The Morgan fingerprint density at radius 3 is 2.08 bits per heavy atom. The largest absolute Gasteiger partial charge is 0.295 e. The average Bonchev–Trinajstić information content (AvgIpc) is 2.51. The van der Waals surface area contributed by atoms with E-state index in [1.54, 1.807) is 0 Å². The minimum atomic E-state index is -0.0170. The molecule has 25 heavy (non-hydrogen) atoms. The number of hydrogen-bond donors (Lipinski definition) is 0. The topological polar surface area (TPSA) is 17.1 Å². The fraction of sp³-hybridized carbons (Fsp3) is 0.375.